The van der Waals surface area contributed by atoms with Crippen molar-refractivity contribution in [3.05, 3.63) is 66.0 Å². The quantitative estimate of drug-likeness (QED) is 0.865. The molecule has 2 aromatic carbocycles. The van der Waals surface area contributed by atoms with Crippen LogP contribution < -0.4 is 10.6 Å². The fourth-order valence-electron chi connectivity index (χ4n) is 3.07. The van der Waals surface area contributed by atoms with Gasteiger partial charge in [-0.05, 0) is 42.7 Å². The minimum absolute atomic E-state index is 0.0689. The summed E-state index contributed by atoms with van der Waals surface area (Å²) in [6.07, 6.45) is 2.41. The van der Waals surface area contributed by atoms with Crippen molar-refractivity contribution in [2.45, 2.75) is 25.3 Å². The number of nitrogens with one attached hydrogen (secondary N) is 2. The Kier molecular flexibility index (Phi) is 5.84. The van der Waals surface area contributed by atoms with E-state index in [-0.39, 0.29) is 11.7 Å². The highest BCUT2D eigenvalue weighted by Gasteiger charge is 2.28. The van der Waals surface area contributed by atoms with Gasteiger partial charge in [0.15, 0.2) is 0 Å². The lowest BCUT2D eigenvalue weighted by atomic mass is 10.0. The Morgan fingerprint density at radius 1 is 1.00 bits per heavy atom. The van der Waals surface area contributed by atoms with Crippen LogP contribution in [0.2, 0.25) is 0 Å². The zero-order valence-electron chi connectivity index (χ0n) is 14.5. The topological polar surface area (TPSA) is 61.4 Å². The number of rotatable bonds is 5. The van der Waals surface area contributed by atoms with E-state index in [1.54, 1.807) is 4.90 Å². The Morgan fingerprint density at radius 3 is 2.31 bits per heavy atom. The molecule has 2 N–H and O–H groups in total. The molecular formula is C20H22FN3O2. The number of benzene rings is 2. The van der Waals surface area contributed by atoms with Crippen molar-refractivity contribution in [1.82, 2.24) is 10.2 Å². The molecule has 1 fully saturated rings. The summed E-state index contributed by atoms with van der Waals surface area (Å²) >= 11 is 0. The first kappa shape index (κ1) is 17.9. The van der Waals surface area contributed by atoms with Crippen molar-refractivity contribution < 1.29 is 14.0 Å². The highest BCUT2D eigenvalue weighted by molar-refractivity contribution is 5.93. The minimum atomic E-state index is -0.643. The van der Waals surface area contributed by atoms with E-state index in [4.69, 9.17) is 0 Å². The molecule has 1 unspecified atom stereocenters. The predicted molar refractivity (Wildman–Crippen MR) is 98.3 cm³/mol. The first-order chi connectivity index (χ1) is 12.6. The lowest BCUT2D eigenvalue weighted by molar-refractivity contribution is -0.132. The van der Waals surface area contributed by atoms with E-state index in [0.717, 1.165) is 31.5 Å². The van der Waals surface area contributed by atoms with Gasteiger partial charge in [0, 0.05) is 25.2 Å². The van der Waals surface area contributed by atoms with E-state index in [0.29, 0.717) is 12.1 Å². The number of anilines is 1. The number of likely N-dealkylation sites (tertiary alicyclic amines) is 1. The molecule has 1 saturated heterocycles. The van der Waals surface area contributed by atoms with Crippen LogP contribution >= 0.6 is 0 Å². The molecule has 2 aromatic rings. The maximum absolute atomic E-state index is 13.0. The molecule has 0 aliphatic carbocycles. The molecule has 0 radical (unpaired) electrons. The highest BCUT2D eigenvalue weighted by Crippen LogP contribution is 2.13. The summed E-state index contributed by atoms with van der Waals surface area (Å²) in [4.78, 5) is 26.9. The van der Waals surface area contributed by atoms with Gasteiger partial charge in [0.05, 0.1) is 0 Å². The summed E-state index contributed by atoms with van der Waals surface area (Å²) in [6.45, 7) is 1.46. The van der Waals surface area contributed by atoms with E-state index < -0.39 is 12.1 Å². The zero-order chi connectivity index (χ0) is 18.4. The second-order valence-corrected chi connectivity index (χ2v) is 6.38. The Bertz CT molecular complexity index is 743. The third-order valence-corrected chi connectivity index (χ3v) is 4.41. The lowest BCUT2D eigenvalue weighted by Gasteiger charge is -2.24. The third kappa shape index (κ3) is 4.81. The Balaban J connectivity index is 1.68. The Labute approximate surface area is 152 Å². The summed E-state index contributed by atoms with van der Waals surface area (Å²) in [6, 6.07) is 14.0. The third-order valence-electron chi connectivity index (χ3n) is 4.41. The highest BCUT2D eigenvalue weighted by atomic mass is 19.1. The molecule has 0 spiro atoms. The fourth-order valence-corrected chi connectivity index (χ4v) is 3.07. The van der Waals surface area contributed by atoms with Crippen molar-refractivity contribution in [2.75, 3.05) is 18.4 Å². The Morgan fingerprint density at radius 2 is 1.65 bits per heavy atom. The number of hydrogen-bond acceptors (Lipinski definition) is 2. The summed E-state index contributed by atoms with van der Waals surface area (Å²) in [5.74, 6) is -0.442. The van der Waals surface area contributed by atoms with Gasteiger partial charge in [0.1, 0.15) is 11.9 Å². The van der Waals surface area contributed by atoms with Crippen LogP contribution in [0.1, 0.15) is 18.4 Å². The summed E-state index contributed by atoms with van der Waals surface area (Å²) in [5, 5.41) is 5.41. The van der Waals surface area contributed by atoms with Crippen LogP contribution in [0.15, 0.2) is 54.6 Å². The fraction of sp³-hybridized carbons (Fsp3) is 0.300. The maximum atomic E-state index is 13.0. The molecular weight excluding hydrogens is 333 g/mol. The molecule has 1 heterocycles. The Hall–Kier alpha value is -2.89. The van der Waals surface area contributed by atoms with Crippen LogP contribution in [-0.2, 0) is 11.2 Å². The summed E-state index contributed by atoms with van der Waals surface area (Å²) < 4.78 is 13.0. The molecule has 0 bridgehead atoms. The van der Waals surface area contributed by atoms with Gasteiger partial charge in [0.25, 0.3) is 0 Å². The first-order valence-corrected chi connectivity index (χ1v) is 8.77. The van der Waals surface area contributed by atoms with Gasteiger partial charge in [-0.25, -0.2) is 9.18 Å². The smallest absolute Gasteiger partial charge is 0.319 e. The van der Waals surface area contributed by atoms with Crippen LogP contribution in [0.5, 0.6) is 0 Å². The average Bonchev–Trinajstić information content (AvgIpc) is 3.18. The average molecular weight is 355 g/mol. The van der Waals surface area contributed by atoms with Crippen LogP contribution in [0, 0.1) is 5.82 Å². The number of carbonyl (C=O) groups excluding carboxylic acids is 2. The van der Waals surface area contributed by atoms with Gasteiger partial charge in [-0.15, -0.1) is 0 Å². The van der Waals surface area contributed by atoms with Crippen molar-refractivity contribution in [2.24, 2.45) is 0 Å². The van der Waals surface area contributed by atoms with Gasteiger partial charge in [0.2, 0.25) is 5.91 Å². The summed E-state index contributed by atoms with van der Waals surface area (Å²) in [5.41, 5.74) is 1.45. The SMILES string of the molecule is O=C(Nc1ccc(F)cc1)NC(Cc1ccccc1)C(=O)N1CCCC1. The molecule has 6 heteroatoms. The molecule has 0 aromatic heterocycles. The van der Waals surface area contributed by atoms with E-state index in [9.17, 15) is 14.0 Å². The van der Waals surface area contributed by atoms with Crippen molar-refractivity contribution in [3.8, 4) is 0 Å². The summed E-state index contributed by atoms with van der Waals surface area (Å²) in [7, 11) is 0. The van der Waals surface area contributed by atoms with Crippen LogP contribution in [0.3, 0.4) is 0 Å². The van der Waals surface area contributed by atoms with Crippen molar-refractivity contribution in [1.29, 1.82) is 0 Å². The van der Waals surface area contributed by atoms with Crippen LogP contribution in [-0.4, -0.2) is 36.0 Å². The number of urea groups is 1. The molecule has 1 aliphatic rings. The van der Waals surface area contributed by atoms with Gasteiger partial charge in [-0.2, -0.15) is 0 Å². The zero-order valence-corrected chi connectivity index (χ0v) is 14.5. The molecule has 3 rings (SSSR count). The molecule has 1 aliphatic heterocycles. The van der Waals surface area contributed by atoms with Gasteiger partial charge in [-0.1, -0.05) is 30.3 Å². The standard InChI is InChI=1S/C20H22FN3O2/c21-16-8-10-17(11-9-16)22-20(26)23-18(14-15-6-2-1-3-7-15)19(25)24-12-4-5-13-24/h1-3,6-11,18H,4-5,12-14H2,(H2,22,23,26). The number of hydrogen-bond donors (Lipinski definition) is 2. The van der Waals surface area contributed by atoms with Crippen LogP contribution in [0.25, 0.3) is 0 Å². The number of halogens is 1. The first-order valence-electron chi connectivity index (χ1n) is 8.77. The molecule has 26 heavy (non-hydrogen) atoms. The second kappa shape index (κ2) is 8.47. The van der Waals surface area contributed by atoms with Gasteiger partial charge >= 0.3 is 6.03 Å². The van der Waals surface area contributed by atoms with Crippen molar-refractivity contribution in [3.63, 3.8) is 0 Å². The van der Waals surface area contributed by atoms with Crippen LogP contribution in [0.4, 0.5) is 14.9 Å². The molecule has 1 atom stereocenters. The van der Waals surface area contributed by atoms with E-state index in [1.807, 2.05) is 30.3 Å². The molecule has 136 valence electrons. The maximum Gasteiger partial charge on any atom is 0.319 e. The minimum Gasteiger partial charge on any atom is -0.341 e. The molecule has 3 amide bonds. The predicted octanol–water partition coefficient (Wildman–Crippen LogP) is 3.18. The lowest BCUT2D eigenvalue weighted by Crippen LogP contribution is -2.50. The second-order valence-electron chi connectivity index (χ2n) is 6.38. The largest absolute Gasteiger partial charge is 0.341 e. The van der Waals surface area contributed by atoms with E-state index in [2.05, 4.69) is 10.6 Å². The van der Waals surface area contributed by atoms with Crippen molar-refractivity contribution >= 4 is 17.6 Å². The van der Waals surface area contributed by atoms with E-state index >= 15 is 0 Å². The van der Waals surface area contributed by atoms with E-state index in [1.165, 1.54) is 24.3 Å². The number of amides is 3. The van der Waals surface area contributed by atoms with Gasteiger partial charge < -0.3 is 15.5 Å². The molecule has 0 saturated carbocycles. The normalized spacial score (nSPS) is 14.7. The number of nitrogens with zero attached hydrogens (tertiary/aromatic N) is 1. The monoisotopic (exact) mass is 355 g/mol. The van der Waals surface area contributed by atoms with Gasteiger partial charge in [-0.3, -0.25) is 4.79 Å². The number of carbonyl (C=O) groups is 2. The molecule has 5 nitrogen and oxygen atoms in total.